The molecule has 0 aliphatic carbocycles. The van der Waals surface area contributed by atoms with Gasteiger partial charge < -0.3 is 10.1 Å². The van der Waals surface area contributed by atoms with Crippen LogP contribution in [0, 0.1) is 5.92 Å². The zero-order valence-electron chi connectivity index (χ0n) is 12.5. The summed E-state index contributed by atoms with van der Waals surface area (Å²) in [4.78, 5) is 2.70. The van der Waals surface area contributed by atoms with E-state index >= 15 is 0 Å². The number of nitrogens with zero attached hydrogens (tertiary/aromatic N) is 1. The lowest BCUT2D eigenvalue weighted by atomic mass is 9.90. The Balaban J connectivity index is 1.84. The smallest absolute Gasteiger partial charge is 0.0641 e. The fourth-order valence-electron chi connectivity index (χ4n) is 3.94. The van der Waals surface area contributed by atoms with Gasteiger partial charge in [0.25, 0.3) is 0 Å². The molecular formula is C15H30N2O. The van der Waals surface area contributed by atoms with Gasteiger partial charge in [-0.2, -0.15) is 0 Å². The zero-order valence-corrected chi connectivity index (χ0v) is 12.5. The number of likely N-dealkylation sites (tertiary alicyclic amines) is 1. The third kappa shape index (κ3) is 3.25. The van der Waals surface area contributed by atoms with Gasteiger partial charge in [-0.15, -0.1) is 0 Å². The van der Waals surface area contributed by atoms with Crippen LogP contribution in [0.15, 0.2) is 0 Å². The maximum Gasteiger partial charge on any atom is 0.0641 e. The molecule has 0 amide bonds. The standard InChI is InChI=1S/C15H30N2O/c1-12(2)17-7-5-6-14(17)8-13-9-15(3,11-18-4)16-10-13/h12-14,16H,5-11H2,1-4H3. The first-order valence-corrected chi connectivity index (χ1v) is 7.54. The van der Waals surface area contributed by atoms with E-state index in [1.807, 2.05) is 0 Å². The van der Waals surface area contributed by atoms with E-state index in [-0.39, 0.29) is 5.54 Å². The summed E-state index contributed by atoms with van der Waals surface area (Å²) in [5.74, 6) is 0.828. The molecule has 2 aliphatic rings. The SMILES string of the molecule is COCC1(C)CC(CC2CCCN2C(C)C)CN1. The van der Waals surface area contributed by atoms with Crippen LogP contribution in [0.3, 0.4) is 0 Å². The van der Waals surface area contributed by atoms with Gasteiger partial charge in [-0.25, -0.2) is 0 Å². The van der Waals surface area contributed by atoms with Crippen LogP contribution in [0.5, 0.6) is 0 Å². The van der Waals surface area contributed by atoms with E-state index in [4.69, 9.17) is 4.74 Å². The van der Waals surface area contributed by atoms with Crippen molar-refractivity contribution >= 4 is 0 Å². The van der Waals surface area contributed by atoms with Crippen molar-refractivity contribution in [3.05, 3.63) is 0 Å². The van der Waals surface area contributed by atoms with E-state index in [2.05, 4.69) is 31.0 Å². The summed E-state index contributed by atoms with van der Waals surface area (Å²) in [5.41, 5.74) is 0.209. The van der Waals surface area contributed by atoms with Crippen LogP contribution < -0.4 is 5.32 Å². The van der Waals surface area contributed by atoms with Crippen molar-refractivity contribution in [1.82, 2.24) is 10.2 Å². The zero-order chi connectivity index (χ0) is 13.2. The molecular weight excluding hydrogens is 224 g/mol. The summed E-state index contributed by atoms with van der Waals surface area (Å²) in [7, 11) is 1.80. The predicted molar refractivity (Wildman–Crippen MR) is 75.9 cm³/mol. The second-order valence-corrected chi connectivity index (χ2v) is 6.81. The first kappa shape index (κ1) is 14.3. The normalized spacial score (nSPS) is 37.8. The Morgan fingerprint density at radius 1 is 1.44 bits per heavy atom. The topological polar surface area (TPSA) is 24.5 Å². The van der Waals surface area contributed by atoms with Gasteiger partial charge in [0.2, 0.25) is 0 Å². The summed E-state index contributed by atoms with van der Waals surface area (Å²) in [6, 6.07) is 1.53. The lowest BCUT2D eigenvalue weighted by Gasteiger charge is -2.30. The summed E-state index contributed by atoms with van der Waals surface area (Å²) >= 11 is 0. The van der Waals surface area contributed by atoms with Crippen molar-refractivity contribution < 1.29 is 4.74 Å². The lowest BCUT2D eigenvalue weighted by molar-refractivity contribution is 0.125. The van der Waals surface area contributed by atoms with Gasteiger partial charge in [0.15, 0.2) is 0 Å². The average Bonchev–Trinajstić information content (AvgIpc) is 2.87. The van der Waals surface area contributed by atoms with Crippen molar-refractivity contribution in [1.29, 1.82) is 0 Å². The molecule has 3 nitrogen and oxygen atoms in total. The first-order chi connectivity index (χ1) is 8.54. The van der Waals surface area contributed by atoms with Gasteiger partial charge in [-0.05, 0) is 65.5 Å². The fourth-order valence-corrected chi connectivity index (χ4v) is 3.94. The molecule has 2 heterocycles. The highest BCUT2D eigenvalue weighted by molar-refractivity contribution is 4.95. The molecule has 3 heteroatoms. The van der Waals surface area contributed by atoms with E-state index in [9.17, 15) is 0 Å². The monoisotopic (exact) mass is 254 g/mol. The minimum atomic E-state index is 0.209. The Labute approximate surface area is 112 Å². The van der Waals surface area contributed by atoms with Crippen LogP contribution in [-0.2, 0) is 4.74 Å². The van der Waals surface area contributed by atoms with Gasteiger partial charge in [0.1, 0.15) is 0 Å². The third-order valence-corrected chi connectivity index (χ3v) is 4.71. The van der Waals surface area contributed by atoms with Crippen molar-refractivity contribution in [2.75, 3.05) is 26.8 Å². The number of ether oxygens (including phenoxy) is 1. The van der Waals surface area contributed by atoms with Crippen molar-refractivity contribution in [2.45, 2.75) is 64.1 Å². The number of hydrogen-bond donors (Lipinski definition) is 1. The van der Waals surface area contributed by atoms with E-state index < -0.39 is 0 Å². The molecule has 18 heavy (non-hydrogen) atoms. The van der Waals surface area contributed by atoms with Crippen LogP contribution in [-0.4, -0.2) is 49.3 Å². The first-order valence-electron chi connectivity index (χ1n) is 7.54. The Kier molecular flexibility index (Phi) is 4.68. The van der Waals surface area contributed by atoms with Crippen LogP contribution >= 0.6 is 0 Å². The van der Waals surface area contributed by atoms with Crippen LogP contribution in [0.4, 0.5) is 0 Å². The number of rotatable bonds is 5. The van der Waals surface area contributed by atoms with E-state index in [1.54, 1.807) is 7.11 Å². The molecule has 0 radical (unpaired) electrons. The Morgan fingerprint density at radius 3 is 2.89 bits per heavy atom. The summed E-state index contributed by atoms with van der Waals surface area (Å²) in [6.45, 7) is 10.3. The lowest BCUT2D eigenvalue weighted by Crippen LogP contribution is -2.40. The quantitative estimate of drug-likeness (QED) is 0.814. The molecule has 2 fully saturated rings. The minimum Gasteiger partial charge on any atom is -0.383 e. The molecule has 3 unspecified atom stereocenters. The number of hydrogen-bond acceptors (Lipinski definition) is 3. The summed E-state index contributed by atoms with van der Waals surface area (Å²) in [5, 5.41) is 3.66. The minimum absolute atomic E-state index is 0.209. The molecule has 2 rings (SSSR count). The van der Waals surface area contributed by atoms with E-state index in [0.29, 0.717) is 6.04 Å². The molecule has 106 valence electrons. The maximum absolute atomic E-state index is 5.33. The van der Waals surface area contributed by atoms with Gasteiger partial charge in [0, 0.05) is 24.7 Å². The van der Waals surface area contributed by atoms with Crippen LogP contribution in [0.2, 0.25) is 0 Å². The van der Waals surface area contributed by atoms with E-state index in [1.165, 1.54) is 38.8 Å². The van der Waals surface area contributed by atoms with Crippen LogP contribution in [0.25, 0.3) is 0 Å². The Bertz CT molecular complexity index is 269. The Hall–Kier alpha value is -0.120. The summed E-state index contributed by atoms with van der Waals surface area (Å²) in [6.07, 6.45) is 5.42. The molecule has 0 aromatic carbocycles. The van der Waals surface area contributed by atoms with Crippen molar-refractivity contribution in [3.63, 3.8) is 0 Å². The van der Waals surface area contributed by atoms with Crippen LogP contribution in [0.1, 0.15) is 46.5 Å². The van der Waals surface area contributed by atoms with Gasteiger partial charge in [-0.1, -0.05) is 0 Å². The molecule has 0 aromatic rings. The molecule has 1 N–H and O–H groups in total. The second kappa shape index (κ2) is 5.89. The number of nitrogens with one attached hydrogen (secondary N) is 1. The second-order valence-electron chi connectivity index (χ2n) is 6.81. The van der Waals surface area contributed by atoms with Crippen molar-refractivity contribution in [2.24, 2.45) is 5.92 Å². The predicted octanol–water partition coefficient (Wildman–Crippen LogP) is 2.26. The Morgan fingerprint density at radius 2 is 2.22 bits per heavy atom. The highest BCUT2D eigenvalue weighted by Crippen LogP contribution is 2.32. The highest BCUT2D eigenvalue weighted by atomic mass is 16.5. The molecule has 0 saturated carbocycles. The molecule has 0 bridgehead atoms. The average molecular weight is 254 g/mol. The molecule has 2 aliphatic heterocycles. The third-order valence-electron chi connectivity index (χ3n) is 4.71. The van der Waals surface area contributed by atoms with Gasteiger partial charge >= 0.3 is 0 Å². The molecule has 0 aromatic heterocycles. The maximum atomic E-state index is 5.33. The summed E-state index contributed by atoms with van der Waals surface area (Å²) < 4.78 is 5.33. The molecule has 3 atom stereocenters. The molecule has 0 spiro atoms. The van der Waals surface area contributed by atoms with E-state index in [0.717, 1.165) is 18.6 Å². The highest BCUT2D eigenvalue weighted by Gasteiger charge is 2.37. The van der Waals surface area contributed by atoms with Gasteiger partial charge in [-0.3, -0.25) is 4.90 Å². The number of methoxy groups -OCH3 is 1. The largest absolute Gasteiger partial charge is 0.383 e. The fraction of sp³-hybridized carbons (Fsp3) is 1.00. The van der Waals surface area contributed by atoms with Gasteiger partial charge in [0.05, 0.1) is 6.61 Å². The molecule has 2 saturated heterocycles. The van der Waals surface area contributed by atoms with Crippen molar-refractivity contribution in [3.8, 4) is 0 Å².